The molecule has 170 valence electrons. The van der Waals surface area contributed by atoms with E-state index in [0.717, 1.165) is 54.6 Å². The van der Waals surface area contributed by atoms with Gasteiger partial charge in [-0.25, -0.2) is 0 Å². The molecule has 5 rings (SSSR count). The molecule has 0 spiro atoms. The quantitative estimate of drug-likeness (QED) is 0.590. The highest BCUT2D eigenvalue weighted by atomic mass is 16.5. The Morgan fingerprint density at radius 3 is 2.77 bits per heavy atom. The molecule has 0 amide bonds. The Labute approximate surface area is 188 Å². The van der Waals surface area contributed by atoms with E-state index in [0.29, 0.717) is 17.0 Å². The van der Waals surface area contributed by atoms with Crippen LogP contribution in [0.15, 0.2) is 12.3 Å². The summed E-state index contributed by atoms with van der Waals surface area (Å²) >= 11 is 0. The third-order valence-corrected chi connectivity index (χ3v) is 10.5. The number of hydrogen-bond donors (Lipinski definition) is 0. The van der Waals surface area contributed by atoms with Crippen molar-refractivity contribution in [1.29, 1.82) is 5.26 Å². The first-order chi connectivity index (χ1) is 15.0. The van der Waals surface area contributed by atoms with Crippen LogP contribution in [0, 0.1) is 64.1 Å². The van der Waals surface area contributed by atoms with Crippen LogP contribution in [0.1, 0.15) is 77.3 Å². The highest BCUT2D eigenvalue weighted by molar-refractivity contribution is 5.16. The fraction of sp³-hybridized carbons (Fsp3) is 0.852. The van der Waals surface area contributed by atoms with E-state index in [1.165, 1.54) is 57.8 Å². The van der Waals surface area contributed by atoms with Crippen molar-refractivity contribution in [3.63, 3.8) is 0 Å². The molecule has 4 aliphatic carbocycles. The van der Waals surface area contributed by atoms with Crippen LogP contribution >= 0.6 is 0 Å². The normalized spacial score (nSPS) is 42.8. The maximum absolute atomic E-state index is 9.09. The molecular formula is C27H41N3O. The van der Waals surface area contributed by atoms with Crippen molar-refractivity contribution in [1.82, 2.24) is 9.78 Å². The number of aromatic nitrogens is 2. The number of nitriles is 1. The zero-order valence-corrected chi connectivity index (χ0v) is 19.8. The predicted octanol–water partition coefficient (Wildman–Crippen LogP) is 5.92. The lowest BCUT2D eigenvalue weighted by atomic mass is 9.49. The zero-order chi connectivity index (χ0) is 21.6. The van der Waals surface area contributed by atoms with Crippen LogP contribution in [0.4, 0.5) is 0 Å². The molecular weight excluding hydrogens is 382 g/mol. The number of rotatable bonds is 5. The Bertz CT molecular complexity index is 812. The molecule has 9 atom stereocenters. The molecule has 4 fully saturated rings. The number of methoxy groups -OCH3 is 1. The second-order valence-corrected chi connectivity index (χ2v) is 11.8. The van der Waals surface area contributed by atoms with Crippen LogP contribution in [0.5, 0.6) is 0 Å². The van der Waals surface area contributed by atoms with Gasteiger partial charge in [-0.05, 0) is 117 Å². The van der Waals surface area contributed by atoms with Crippen LogP contribution in [0.25, 0.3) is 0 Å². The Hall–Kier alpha value is -1.34. The summed E-state index contributed by atoms with van der Waals surface area (Å²) in [6, 6.07) is 4.01. The van der Waals surface area contributed by atoms with Gasteiger partial charge in [0.25, 0.3) is 0 Å². The predicted molar refractivity (Wildman–Crippen MR) is 122 cm³/mol. The minimum absolute atomic E-state index is 0.506. The highest BCUT2D eigenvalue weighted by Crippen LogP contribution is 2.65. The molecule has 4 heteroatoms. The van der Waals surface area contributed by atoms with Crippen molar-refractivity contribution >= 4 is 0 Å². The van der Waals surface area contributed by atoms with Gasteiger partial charge in [-0.15, -0.1) is 0 Å². The smallest absolute Gasteiger partial charge is 0.162 e. The summed E-state index contributed by atoms with van der Waals surface area (Å²) in [5, 5.41) is 13.5. The molecule has 0 bridgehead atoms. The van der Waals surface area contributed by atoms with Gasteiger partial charge in [0.15, 0.2) is 5.69 Å². The summed E-state index contributed by atoms with van der Waals surface area (Å²) in [5.74, 6) is 7.12. The fourth-order valence-corrected chi connectivity index (χ4v) is 9.26. The summed E-state index contributed by atoms with van der Waals surface area (Å²) in [5.41, 5.74) is 1.05. The van der Waals surface area contributed by atoms with Gasteiger partial charge >= 0.3 is 0 Å². The molecule has 1 aromatic rings. The van der Waals surface area contributed by atoms with Crippen LogP contribution in [0.3, 0.4) is 0 Å². The summed E-state index contributed by atoms with van der Waals surface area (Å²) in [6.07, 6.45) is 15.0. The van der Waals surface area contributed by atoms with Crippen LogP contribution in [0.2, 0.25) is 0 Å². The van der Waals surface area contributed by atoms with E-state index in [9.17, 15) is 0 Å². The largest absolute Gasteiger partial charge is 0.384 e. The average Bonchev–Trinajstić information content (AvgIpc) is 3.37. The van der Waals surface area contributed by atoms with Crippen LogP contribution < -0.4 is 0 Å². The molecule has 0 aliphatic heterocycles. The zero-order valence-electron chi connectivity index (χ0n) is 19.8. The highest BCUT2D eigenvalue weighted by Gasteiger charge is 2.57. The summed E-state index contributed by atoms with van der Waals surface area (Å²) in [7, 11) is 1.87. The lowest BCUT2D eigenvalue weighted by Crippen LogP contribution is -2.49. The molecule has 31 heavy (non-hydrogen) atoms. The van der Waals surface area contributed by atoms with Gasteiger partial charge in [0.05, 0.1) is 0 Å². The minimum atomic E-state index is 0.506. The molecule has 1 heterocycles. The molecule has 0 unspecified atom stereocenters. The van der Waals surface area contributed by atoms with Crippen molar-refractivity contribution < 1.29 is 4.74 Å². The number of fused-ring (bicyclic) bond motifs is 5. The summed E-state index contributed by atoms with van der Waals surface area (Å²) in [6.45, 7) is 7.01. The summed E-state index contributed by atoms with van der Waals surface area (Å²) in [4.78, 5) is 0. The Kier molecular flexibility index (Phi) is 5.93. The van der Waals surface area contributed by atoms with E-state index in [2.05, 4.69) is 25.0 Å². The van der Waals surface area contributed by atoms with E-state index >= 15 is 0 Å². The van der Waals surface area contributed by atoms with Gasteiger partial charge in [0.1, 0.15) is 6.07 Å². The third kappa shape index (κ3) is 3.75. The van der Waals surface area contributed by atoms with Gasteiger partial charge in [0.2, 0.25) is 0 Å². The number of hydrogen-bond acceptors (Lipinski definition) is 3. The molecule has 4 nitrogen and oxygen atoms in total. The van der Waals surface area contributed by atoms with Gasteiger partial charge < -0.3 is 4.74 Å². The SMILES string of the molecule is COC[C@H]1CC[C@H]2[C@H](CC[C@@H]3[C@@H]2CC[C@]2(C)[C@@H]([C@@H](C)Cn4ccc(C#N)n4)CC[C@@H]32)C1. The maximum Gasteiger partial charge on any atom is 0.162 e. The molecule has 4 saturated carbocycles. The molecule has 0 N–H and O–H groups in total. The standard InChI is InChI=1S/C27H41N3O/c1-18(16-30-13-11-21(15-28)29-30)25-8-9-26-24-7-5-20-14-19(17-31-3)4-6-22(20)23(24)10-12-27(25,26)2/h11,13,18-20,22-26H,4-10,12,14,16-17H2,1-3H3/t18-,19-,20+,22-,23+,24+,25+,26-,27+/m0/s1. The van der Waals surface area contributed by atoms with Crippen molar-refractivity contribution in [2.24, 2.45) is 52.8 Å². The molecule has 0 aromatic carbocycles. The monoisotopic (exact) mass is 423 g/mol. The minimum Gasteiger partial charge on any atom is -0.384 e. The molecule has 1 aromatic heterocycles. The van der Waals surface area contributed by atoms with Crippen molar-refractivity contribution in [3.05, 3.63) is 18.0 Å². The molecule has 0 radical (unpaired) electrons. The van der Waals surface area contributed by atoms with Crippen LogP contribution in [-0.2, 0) is 11.3 Å². The van der Waals surface area contributed by atoms with E-state index in [1.807, 2.05) is 24.1 Å². The first kappa shape index (κ1) is 21.5. The molecule has 0 saturated heterocycles. The lowest BCUT2D eigenvalue weighted by Gasteiger charge is -2.57. The van der Waals surface area contributed by atoms with Gasteiger partial charge in [0, 0.05) is 26.5 Å². The fourth-order valence-electron chi connectivity index (χ4n) is 9.26. The van der Waals surface area contributed by atoms with Crippen molar-refractivity contribution in [3.8, 4) is 6.07 Å². The maximum atomic E-state index is 9.09. The van der Waals surface area contributed by atoms with Gasteiger partial charge in [-0.2, -0.15) is 10.4 Å². The first-order valence-corrected chi connectivity index (χ1v) is 13.0. The van der Waals surface area contributed by atoms with E-state index < -0.39 is 0 Å². The van der Waals surface area contributed by atoms with E-state index in [1.54, 1.807) is 0 Å². The summed E-state index contributed by atoms with van der Waals surface area (Å²) < 4.78 is 7.51. The van der Waals surface area contributed by atoms with Gasteiger partial charge in [-0.3, -0.25) is 4.68 Å². The lowest BCUT2D eigenvalue weighted by molar-refractivity contribution is -0.0777. The Morgan fingerprint density at radius 1 is 1.16 bits per heavy atom. The first-order valence-electron chi connectivity index (χ1n) is 13.0. The van der Waals surface area contributed by atoms with E-state index in [4.69, 9.17) is 10.00 Å². The third-order valence-electron chi connectivity index (χ3n) is 10.5. The second-order valence-electron chi connectivity index (χ2n) is 11.8. The second kappa shape index (κ2) is 8.54. The topological polar surface area (TPSA) is 50.8 Å². The van der Waals surface area contributed by atoms with Gasteiger partial charge in [-0.1, -0.05) is 13.8 Å². The Morgan fingerprint density at radius 2 is 2.00 bits per heavy atom. The van der Waals surface area contributed by atoms with Crippen LogP contribution in [-0.4, -0.2) is 23.5 Å². The number of ether oxygens (including phenoxy) is 1. The van der Waals surface area contributed by atoms with Crippen molar-refractivity contribution in [2.75, 3.05) is 13.7 Å². The molecule has 4 aliphatic rings. The number of nitrogens with zero attached hydrogens (tertiary/aromatic N) is 3. The Balaban J connectivity index is 1.27. The van der Waals surface area contributed by atoms with Crippen molar-refractivity contribution in [2.45, 2.75) is 78.2 Å². The average molecular weight is 424 g/mol. The van der Waals surface area contributed by atoms with E-state index in [-0.39, 0.29) is 0 Å².